The van der Waals surface area contributed by atoms with E-state index in [1.807, 2.05) is 6.92 Å². The van der Waals surface area contributed by atoms with Gasteiger partial charge in [0.05, 0.1) is 17.3 Å². The van der Waals surface area contributed by atoms with Crippen molar-refractivity contribution in [1.82, 2.24) is 0 Å². The molecular weight excluding hydrogens is 294 g/mol. The van der Waals surface area contributed by atoms with Crippen molar-refractivity contribution in [3.63, 3.8) is 0 Å². The molecule has 1 N–H and O–H groups in total. The second-order valence-corrected chi connectivity index (χ2v) is 5.97. The van der Waals surface area contributed by atoms with Crippen LogP contribution in [0.4, 0.5) is 5.69 Å². The molecule has 0 aliphatic carbocycles. The van der Waals surface area contributed by atoms with Crippen LogP contribution in [0.1, 0.15) is 13.3 Å². The van der Waals surface area contributed by atoms with Crippen LogP contribution in [0.3, 0.4) is 0 Å². The largest absolute Gasteiger partial charge is 0.496 e. The molecule has 6 heteroatoms. The third-order valence-corrected chi connectivity index (χ3v) is 4.01. The molecule has 0 radical (unpaired) electrons. The number of sulfonamides is 1. The summed E-state index contributed by atoms with van der Waals surface area (Å²) in [6.07, 6.45) is 0.590. The monoisotopic (exact) mass is 307 g/mol. The van der Waals surface area contributed by atoms with Gasteiger partial charge in [-0.3, -0.25) is 4.72 Å². The van der Waals surface area contributed by atoms with Gasteiger partial charge in [-0.15, -0.1) is 0 Å². The summed E-state index contributed by atoms with van der Waals surface area (Å²) in [6.45, 7) is 1.82. The van der Waals surface area contributed by atoms with Gasteiger partial charge < -0.3 is 4.74 Å². The molecule has 1 rings (SSSR count). The number of benzene rings is 1. The van der Waals surface area contributed by atoms with Crippen LogP contribution in [0.25, 0.3) is 0 Å². The van der Waals surface area contributed by atoms with E-state index < -0.39 is 10.0 Å². The molecule has 0 saturated carbocycles. The maximum atomic E-state index is 11.5. The van der Waals surface area contributed by atoms with E-state index in [9.17, 15) is 8.42 Å². The molecule has 0 aliphatic rings. The molecule has 0 atom stereocenters. The van der Waals surface area contributed by atoms with Crippen LogP contribution in [0.5, 0.6) is 5.75 Å². The van der Waals surface area contributed by atoms with Crippen LogP contribution in [0.2, 0.25) is 0 Å². The third-order valence-electron chi connectivity index (χ3n) is 1.90. The molecule has 0 aromatic heterocycles. The van der Waals surface area contributed by atoms with Gasteiger partial charge in [0, 0.05) is 5.69 Å². The fraction of sp³-hybridized carbons (Fsp3) is 0.400. The minimum Gasteiger partial charge on any atom is -0.496 e. The molecule has 4 nitrogen and oxygen atoms in total. The number of methoxy groups -OCH3 is 1. The van der Waals surface area contributed by atoms with Crippen molar-refractivity contribution in [3.8, 4) is 5.75 Å². The summed E-state index contributed by atoms with van der Waals surface area (Å²) in [7, 11) is -1.68. The van der Waals surface area contributed by atoms with Crippen molar-refractivity contribution < 1.29 is 13.2 Å². The average Bonchev–Trinajstić information content (AvgIpc) is 2.17. The molecule has 1 aromatic carbocycles. The van der Waals surface area contributed by atoms with Crippen molar-refractivity contribution in [2.24, 2.45) is 0 Å². The molecule has 0 unspecified atom stereocenters. The zero-order valence-electron chi connectivity index (χ0n) is 9.16. The first-order valence-corrected chi connectivity index (χ1v) is 7.27. The van der Waals surface area contributed by atoms with E-state index in [1.54, 1.807) is 25.3 Å². The van der Waals surface area contributed by atoms with Crippen molar-refractivity contribution >= 4 is 31.6 Å². The van der Waals surface area contributed by atoms with Gasteiger partial charge in [0.25, 0.3) is 0 Å². The van der Waals surface area contributed by atoms with Gasteiger partial charge in [-0.25, -0.2) is 8.42 Å². The first-order chi connectivity index (χ1) is 7.48. The number of rotatable bonds is 5. The first-order valence-electron chi connectivity index (χ1n) is 4.82. The molecule has 0 bridgehead atoms. The zero-order valence-corrected chi connectivity index (χ0v) is 11.6. The summed E-state index contributed by atoms with van der Waals surface area (Å²) in [5, 5.41) is 0. The summed E-state index contributed by atoms with van der Waals surface area (Å²) in [4.78, 5) is 0. The van der Waals surface area contributed by atoms with E-state index in [0.29, 0.717) is 22.3 Å². The Labute approximate surface area is 104 Å². The highest BCUT2D eigenvalue weighted by atomic mass is 79.9. The number of hydrogen-bond acceptors (Lipinski definition) is 3. The third kappa shape index (κ3) is 3.68. The van der Waals surface area contributed by atoms with E-state index >= 15 is 0 Å². The molecular formula is C10H14BrNO3S. The van der Waals surface area contributed by atoms with Gasteiger partial charge in [0.2, 0.25) is 10.0 Å². The lowest BCUT2D eigenvalue weighted by Gasteiger charge is -2.09. The zero-order chi connectivity index (χ0) is 12.2. The van der Waals surface area contributed by atoms with Gasteiger partial charge in [-0.2, -0.15) is 0 Å². The quantitative estimate of drug-likeness (QED) is 0.909. The number of hydrogen-bond donors (Lipinski definition) is 1. The molecule has 0 amide bonds. The maximum Gasteiger partial charge on any atom is 0.232 e. The van der Waals surface area contributed by atoms with E-state index in [4.69, 9.17) is 4.74 Å². The predicted octanol–water partition coefficient (Wildman–Crippen LogP) is 2.61. The smallest absolute Gasteiger partial charge is 0.232 e. The molecule has 0 aliphatic heterocycles. The van der Waals surface area contributed by atoms with E-state index in [0.717, 1.165) is 0 Å². The lowest BCUT2D eigenvalue weighted by molar-refractivity contribution is 0.412. The molecule has 16 heavy (non-hydrogen) atoms. The fourth-order valence-corrected chi connectivity index (χ4v) is 2.90. The molecule has 0 saturated heterocycles. The molecule has 0 fully saturated rings. The Bertz CT molecular complexity index is 459. The van der Waals surface area contributed by atoms with Crippen LogP contribution in [0, 0.1) is 0 Å². The number of halogens is 1. The van der Waals surface area contributed by atoms with Crippen LogP contribution < -0.4 is 9.46 Å². The Kier molecular flexibility index (Phi) is 4.61. The summed E-state index contributed by atoms with van der Waals surface area (Å²) in [6, 6.07) is 5.04. The Morgan fingerprint density at radius 1 is 1.44 bits per heavy atom. The first kappa shape index (κ1) is 13.3. The summed E-state index contributed by atoms with van der Waals surface area (Å²) < 4.78 is 31.3. The van der Waals surface area contributed by atoms with E-state index in [-0.39, 0.29) is 5.75 Å². The SMILES string of the molecule is CCCS(=O)(=O)Nc1ccc(OC)c(Br)c1. The Balaban J connectivity index is 2.87. The Morgan fingerprint density at radius 3 is 2.62 bits per heavy atom. The maximum absolute atomic E-state index is 11.5. The number of nitrogens with one attached hydrogen (secondary N) is 1. The van der Waals surface area contributed by atoms with Crippen molar-refractivity contribution in [3.05, 3.63) is 22.7 Å². The van der Waals surface area contributed by atoms with Crippen LogP contribution in [-0.4, -0.2) is 21.3 Å². The summed E-state index contributed by atoms with van der Waals surface area (Å²) >= 11 is 3.29. The molecule has 0 spiro atoms. The molecule has 0 heterocycles. The summed E-state index contributed by atoms with van der Waals surface area (Å²) in [5.74, 6) is 0.787. The Hall–Kier alpha value is -0.750. The van der Waals surface area contributed by atoms with Gasteiger partial charge >= 0.3 is 0 Å². The van der Waals surface area contributed by atoms with Gasteiger partial charge in [0.15, 0.2) is 0 Å². The minimum atomic E-state index is -3.23. The summed E-state index contributed by atoms with van der Waals surface area (Å²) in [5.41, 5.74) is 0.529. The van der Waals surface area contributed by atoms with Crippen molar-refractivity contribution in [2.45, 2.75) is 13.3 Å². The van der Waals surface area contributed by atoms with E-state index in [2.05, 4.69) is 20.7 Å². The number of ether oxygens (including phenoxy) is 1. The van der Waals surface area contributed by atoms with Crippen molar-refractivity contribution in [2.75, 3.05) is 17.6 Å². The second-order valence-electron chi connectivity index (χ2n) is 3.27. The predicted molar refractivity (Wildman–Crippen MR) is 68.4 cm³/mol. The highest BCUT2D eigenvalue weighted by Crippen LogP contribution is 2.28. The molecule has 1 aromatic rings. The standard InChI is InChI=1S/C10H14BrNO3S/c1-3-6-16(13,14)12-8-4-5-10(15-2)9(11)7-8/h4-5,7,12H,3,6H2,1-2H3. The van der Waals surface area contributed by atoms with Gasteiger partial charge in [0.1, 0.15) is 5.75 Å². The van der Waals surface area contributed by atoms with Crippen LogP contribution in [0.15, 0.2) is 22.7 Å². The number of anilines is 1. The van der Waals surface area contributed by atoms with Crippen molar-refractivity contribution in [1.29, 1.82) is 0 Å². The van der Waals surface area contributed by atoms with Gasteiger partial charge in [-0.1, -0.05) is 6.92 Å². The highest BCUT2D eigenvalue weighted by molar-refractivity contribution is 9.10. The lowest BCUT2D eigenvalue weighted by Crippen LogP contribution is -2.16. The lowest BCUT2D eigenvalue weighted by atomic mass is 10.3. The van der Waals surface area contributed by atoms with E-state index in [1.165, 1.54) is 0 Å². The minimum absolute atomic E-state index is 0.122. The van der Waals surface area contributed by atoms with Crippen LogP contribution in [-0.2, 0) is 10.0 Å². The average molecular weight is 308 g/mol. The highest BCUT2D eigenvalue weighted by Gasteiger charge is 2.09. The topological polar surface area (TPSA) is 55.4 Å². The molecule has 90 valence electrons. The van der Waals surface area contributed by atoms with Gasteiger partial charge in [-0.05, 0) is 40.5 Å². The fourth-order valence-electron chi connectivity index (χ4n) is 1.23. The normalized spacial score (nSPS) is 11.2. The van der Waals surface area contributed by atoms with Crippen LogP contribution >= 0.6 is 15.9 Å². The Morgan fingerprint density at radius 2 is 2.12 bits per heavy atom. The second kappa shape index (κ2) is 5.54.